The monoisotopic (exact) mass is 353 g/mol. The van der Waals surface area contributed by atoms with E-state index in [0.717, 1.165) is 30.4 Å². The number of hydrogen-bond donors (Lipinski definition) is 0. The van der Waals surface area contributed by atoms with Crippen LogP contribution in [0.4, 0.5) is 5.82 Å². The number of rotatable bonds is 2. The van der Waals surface area contributed by atoms with Crippen molar-refractivity contribution in [2.24, 2.45) is 0 Å². The highest BCUT2D eigenvalue weighted by Crippen LogP contribution is 2.39. The molecular weight excluding hydrogens is 334 g/mol. The second-order valence-corrected chi connectivity index (χ2v) is 7.46. The Morgan fingerprint density at radius 2 is 1.41 bits per heavy atom. The largest absolute Gasteiger partial charge is 0.346 e. The van der Waals surface area contributed by atoms with Crippen LogP contribution in [0.25, 0.3) is 16.8 Å². The zero-order chi connectivity index (χ0) is 17.8. The average molecular weight is 353 g/mol. The van der Waals surface area contributed by atoms with Gasteiger partial charge in [0.25, 0.3) is 0 Å². The third-order valence-electron chi connectivity index (χ3n) is 5.59. The number of anilines is 1. The van der Waals surface area contributed by atoms with Gasteiger partial charge in [-0.15, -0.1) is 15.3 Å². The van der Waals surface area contributed by atoms with Crippen LogP contribution >= 0.6 is 0 Å². The quantitative estimate of drug-likeness (QED) is 0.542. The minimum Gasteiger partial charge on any atom is -0.346 e. The molecule has 0 spiro atoms. The average Bonchev–Trinajstić information content (AvgIpc) is 3.49. The van der Waals surface area contributed by atoms with Crippen LogP contribution in [0.5, 0.6) is 0 Å². The van der Waals surface area contributed by atoms with E-state index in [1.165, 1.54) is 35.1 Å². The van der Waals surface area contributed by atoms with E-state index in [-0.39, 0.29) is 0 Å². The molecule has 1 fully saturated rings. The number of fused-ring (bicyclic) bond motifs is 4. The highest BCUT2D eigenvalue weighted by Gasteiger charge is 2.29. The van der Waals surface area contributed by atoms with E-state index < -0.39 is 0 Å². The molecule has 0 saturated heterocycles. The summed E-state index contributed by atoms with van der Waals surface area (Å²) in [6, 6.07) is 21.5. The summed E-state index contributed by atoms with van der Waals surface area (Å²) in [5.74, 6) is 2.49. The Kier molecular flexibility index (Phi) is 3.12. The lowest BCUT2D eigenvalue weighted by molar-refractivity contribution is 0.748. The lowest BCUT2D eigenvalue weighted by Gasteiger charge is -2.22. The molecule has 0 radical (unpaired) electrons. The molecule has 2 aromatic carbocycles. The minimum absolute atomic E-state index is 0.522. The van der Waals surface area contributed by atoms with E-state index in [4.69, 9.17) is 5.10 Å². The molecule has 1 aliphatic carbocycles. The first kappa shape index (κ1) is 14.9. The summed E-state index contributed by atoms with van der Waals surface area (Å²) in [5.41, 5.74) is 6.13. The van der Waals surface area contributed by atoms with Gasteiger partial charge in [0.05, 0.1) is 0 Å². The summed E-state index contributed by atoms with van der Waals surface area (Å²) in [4.78, 5) is 2.35. The van der Waals surface area contributed by atoms with E-state index in [1.54, 1.807) is 0 Å². The van der Waals surface area contributed by atoms with Gasteiger partial charge in [-0.05, 0) is 47.2 Å². The van der Waals surface area contributed by atoms with Gasteiger partial charge < -0.3 is 4.90 Å². The fraction of sp³-hybridized carbons (Fsp3) is 0.227. The van der Waals surface area contributed by atoms with Crippen LogP contribution in [-0.2, 0) is 13.1 Å². The topological polar surface area (TPSA) is 46.3 Å². The second-order valence-electron chi connectivity index (χ2n) is 7.46. The smallest absolute Gasteiger partial charge is 0.178 e. The van der Waals surface area contributed by atoms with Gasteiger partial charge in [0.15, 0.2) is 11.5 Å². The van der Waals surface area contributed by atoms with Crippen LogP contribution in [0.3, 0.4) is 0 Å². The Balaban J connectivity index is 1.48. The van der Waals surface area contributed by atoms with Crippen molar-refractivity contribution in [1.29, 1.82) is 0 Å². The summed E-state index contributed by atoms with van der Waals surface area (Å²) in [6.45, 7) is 1.68. The summed E-state index contributed by atoms with van der Waals surface area (Å²) in [7, 11) is 0. The van der Waals surface area contributed by atoms with Crippen molar-refractivity contribution in [1.82, 2.24) is 19.8 Å². The molecule has 2 aliphatic rings. The van der Waals surface area contributed by atoms with Crippen LogP contribution in [-0.4, -0.2) is 19.8 Å². The van der Waals surface area contributed by atoms with Crippen LogP contribution < -0.4 is 4.90 Å². The number of aromatic nitrogens is 4. The number of nitrogens with zero attached hydrogens (tertiary/aromatic N) is 5. The predicted octanol–water partition coefficient (Wildman–Crippen LogP) is 4.19. The van der Waals surface area contributed by atoms with E-state index in [2.05, 4.69) is 69.7 Å². The van der Waals surface area contributed by atoms with Crippen LogP contribution in [0.2, 0.25) is 0 Å². The molecule has 0 N–H and O–H groups in total. The van der Waals surface area contributed by atoms with Gasteiger partial charge in [0.2, 0.25) is 0 Å². The zero-order valence-electron chi connectivity index (χ0n) is 14.9. The van der Waals surface area contributed by atoms with Gasteiger partial charge >= 0.3 is 0 Å². The molecule has 6 rings (SSSR count). The van der Waals surface area contributed by atoms with Gasteiger partial charge in [0.1, 0.15) is 5.82 Å². The lowest BCUT2D eigenvalue weighted by atomic mass is 9.97. The number of benzene rings is 2. The highest BCUT2D eigenvalue weighted by molar-refractivity contribution is 5.73. The Labute approximate surface area is 157 Å². The molecule has 5 nitrogen and oxygen atoms in total. The molecule has 3 heterocycles. The zero-order valence-corrected chi connectivity index (χ0v) is 14.9. The first-order valence-corrected chi connectivity index (χ1v) is 9.50. The molecule has 1 saturated carbocycles. The Hall–Kier alpha value is -3.21. The van der Waals surface area contributed by atoms with E-state index in [1.807, 2.05) is 10.6 Å². The third kappa shape index (κ3) is 2.42. The van der Waals surface area contributed by atoms with Gasteiger partial charge in [-0.2, -0.15) is 4.52 Å². The molecule has 0 amide bonds. The Morgan fingerprint density at radius 3 is 2.07 bits per heavy atom. The molecule has 0 atom stereocenters. The molecule has 2 aromatic heterocycles. The molecule has 5 heteroatoms. The van der Waals surface area contributed by atoms with E-state index >= 15 is 0 Å². The SMILES string of the molecule is c1ccc2c(c1)CN(c1ccc3nnc(C4CC4)n3n1)Cc1ccccc1-2. The Morgan fingerprint density at radius 1 is 0.741 bits per heavy atom. The first-order chi connectivity index (χ1) is 13.4. The molecular formula is C22H19N5. The van der Waals surface area contributed by atoms with E-state index in [0.29, 0.717) is 5.92 Å². The van der Waals surface area contributed by atoms with Crippen molar-refractivity contribution in [3.05, 3.63) is 77.6 Å². The van der Waals surface area contributed by atoms with Gasteiger partial charge in [-0.25, -0.2) is 0 Å². The molecule has 1 aliphatic heterocycles. The summed E-state index contributed by atoms with van der Waals surface area (Å²) in [6.07, 6.45) is 2.38. The van der Waals surface area contributed by atoms with Gasteiger partial charge in [-0.1, -0.05) is 48.5 Å². The molecule has 4 aromatic rings. The second kappa shape index (κ2) is 5.64. The maximum absolute atomic E-state index is 4.93. The standard InChI is InChI=1S/C22H19N5/c1-3-7-18-16(5-1)13-26(14-17-6-2-4-8-19(17)18)21-12-11-20-23-24-22(15-9-10-15)27(20)25-21/h1-8,11-12,15H,9-10,13-14H2. The molecule has 27 heavy (non-hydrogen) atoms. The summed E-state index contributed by atoms with van der Waals surface area (Å²) in [5, 5.41) is 13.6. The third-order valence-corrected chi connectivity index (χ3v) is 5.59. The molecule has 132 valence electrons. The predicted molar refractivity (Wildman–Crippen MR) is 105 cm³/mol. The van der Waals surface area contributed by atoms with Crippen molar-refractivity contribution in [2.75, 3.05) is 4.90 Å². The molecule has 0 bridgehead atoms. The van der Waals surface area contributed by atoms with Crippen LogP contribution in [0.1, 0.15) is 35.7 Å². The van der Waals surface area contributed by atoms with Crippen molar-refractivity contribution < 1.29 is 0 Å². The Bertz CT molecular complexity index is 1110. The first-order valence-electron chi connectivity index (χ1n) is 9.50. The summed E-state index contributed by atoms with van der Waals surface area (Å²) < 4.78 is 1.94. The van der Waals surface area contributed by atoms with Gasteiger partial charge in [0, 0.05) is 19.0 Å². The van der Waals surface area contributed by atoms with Crippen LogP contribution in [0.15, 0.2) is 60.7 Å². The van der Waals surface area contributed by atoms with Gasteiger partial charge in [-0.3, -0.25) is 0 Å². The maximum Gasteiger partial charge on any atom is 0.178 e. The minimum atomic E-state index is 0.522. The fourth-order valence-corrected chi connectivity index (χ4v) is 4.03. The summed E-state index contributed by atoms with van der Waals surface area (Å²) >= 11 is 0. The van der Waals surface area contributed by atoms with Crippen molar-refractivity contribution in [3.8, 4) is 11.1 Å². The molecule has 0 unspecified atom stereocenters. The highest BCUT2D eigenvalue weighted by atomic mass is 15.4. The number of hydrogen-bond acceptors (Lipinski definition) is 4. The van der Waals surface area contributed by atoms with Crippen LogP contribution in [0, 0.1) is 0 Å². The fourth-order valence-electron chi connectivity index (χ4n) is 4.03. The van der Waals surface area contributed by atoms with Crippen molar-refractivity contribution >= 4 is 11.5 Å². The maximum atomic E-state index is 4.93. The van der Waals surface area contributed by atoms with Crippen molar-refractivity contribution in [2.45, 2.75) is 31.8 Å². The van der Waals surface area contributed by atoms with E-state index in [9.17, 15) is 0 Å². The van der Waals surface area contributed by atoms with Crippen molar-refractivity contribution in [3.63, 3.8) is 0 Å². The lowest BCUT2D eigenvalue weighted by Crippen LogP contribution is -2.23. The normalized spacial score (nSPS) is 16.1.